The van der Waals surface area contributed by atoms with Crippen molar-refractivity contribution in [3.63, 3.8) is 0 Å². The number of benzene rings is 2. The van der Waals surface area contributed by atoms with Gasteiger partial charge in [-0.15, -0.1) is 0 Å². The van der Waals surface area contributed by atoms with Crippen LogP contribution in [0.1, 0.15) is 29.9 Å². The molecule has 4 aromatic rings. The quantitative estimate of drug-likeness (QED) is 0.418. The van der Waals surface area contributed by atoms with E-state index in [-0.39, 0.29) is 0 Å². The Bertz CT molecular complexity index is 1270. The molecule has 154 valence electrons. The molecule has 5 rings (SSSR count). The van der Waals surface area contributed by atoms with Gasteiger partial charge in [0.2, 0.25) is 0 Å². The van der Waals surface area contributed by atoms with E-state index in [1.165, 1.54) is 31.5 Å². The number of hydrogen-bond acceptors (Lipinski definition) is 3. The lowest BCUT2D eigenvalue weighted by Gasteiger charge is -2.14. The molecule has 0 bridgehead atoms. The van der Waals surface area contributed by atoms with Crippen molar-refractivity contribution < 1.29 is 0 Å². The van der Waals surface area contributed by atoms with Crippen molar-refractivity contribution in [3.05, 3.63) is 82.9 Å². The molecule has 4 nitrogen and oxygen atoms in total. The van der Waals surface area contributed by atoms with Gasteiger partial charge in [-0.05, 0) is 79.2 Å². The first-order valence-electron chi connectivity index (χ1n) is 10.6. The third kappa shape index (κ3) is 4.34. The van der Waals surface area contributed by atoms with Crippen LogP contribution in [0.3, 0.4) is 0 Å². The minimum absolute atomic E-state index is 0.722. The lowest BCUT2D eigenvalue weighted by atomic mass is 10.1. The summed E-state index contributed by atoms with van der Waals surface area (Å²) in [6, 6.07) is 18.3. The van der Waals surface area contributed by atoms with Gasteiger partial charge in [0.1, 0.15) is 5.69 Å². The second-order valence-electron chi connectivity index (χ2n) is 7.99. The van der Waals surface area contributed by atoms with E-state index >= 15 is 0 Å². The van der Waals surface area contributed by atoms with E-state index in [0.29, 0.717) is 0 Å². The predicted molar refractivity (Wildman–Crippen MR) is 126 cm³/mol. The molecule has 1 aliphatic heterocycles. The molecule has 3 heterocycles. The monoisotopic (exact) mass is 426 g/mol. The molecule has 5 heteroatoms. The smallest absolute Gasteiger partial charge is 0.186 e. The number of fused-ring (bicyclic) bond motifs is 1. The van der Waals surface area contributed by atoms with Crippen LogP contribution in [0.4, 0.5) is 0 Å². The zero-order valence-electron chi connectivity index (χ0n) is 17.5. The zero-order chi connectivity index (χ0) is 21.2. The average molecular weight is 427 g/mol. The van der Waals surface area contributed by atoms with Crippen LogP contribution in [0.15, 0.2) is 60.8 Å². The van der Waals surface area contributed by atoms with E-state index in [1.54, 1.807) is 0 Å². The molecule has 31 heavy (non-hydrogen) atoms. The number of nitrogens with zero attached hydrogens (tertiary/aromatic N) is 4. The molecule has 1 fully saturated rings. The minimum atomic E-state index is 0.722. The number of aromatic nitrogens is 3. The number of pyridine rings is 1. The van der Waals surface area contributed by atoms with E-state index in [9.17, 15) is 0 Å². The van der Waals surface area contributed by atoms with Crippen molar-refractivity contribution in [2.45, 2.75) is 19.4 Å². The molecule has 0 atom stereocenters. The van der Waals surface area contributed by atoms with Gasteiger partial charge >= 0.3 is 0 Å². The molecule has 0 saturated carbocycles. The van der Waals surface area contributed by atoms with Gasteiger partial charge in [-0.1, -0.05) is 35.9 Å². The first kappa shape index (κ1) is 19.8. The Kier molecular flexibility index (Phi) is 5.46. The summed E-state index contributed by atoms with van der Waals surface area (Å²) in [6.45, 7) is 3.39. The first-order chi connectivity index (χ1) is 15.2. The second-order valence-corrected chi connectivity index (χ2v) is 8.43. The van der Waals surface area contributed by atoms with Gasteiger partial charge in [0, 0.05) is 30.4 Å². The SMILES string of the molecule is Cn1c(C#Cc2ccc(-c3ccc(Cl)cc3)cn2)nc2cc(CN3CCCC3)ccc21. The second kappa shape index (κ2) is 8.55. The van der Waals surface area contributed by atoms with E-state index in [1.807, 2.05) is 54.2 Å². The van der Waals surface area contributed by atoms with Crippen molar-refractivity contribution in [2.75, 3.05) is 13.1 Å². The fourth-order valence-corrected chi connectivity index (χ4v) is 4.18. The van der Waals surface area contributed by atoms with Gasteiger partial charge in [-0.25, -0.2) is 9.97 Å². The van der Waals surface area contributed by atoms with Crippen molar-refractivity contribution in [3.8, 4) is 23.0 Å². The highest BCUT2D eigenvalue weighted by atomic mass is 35.5. The molecule has 1 saturated heterocycles. The number of rotatable bonds is 3. The summed E-state index contributed by atoms with van der Waals surface area (Å²) in [5.41, 5.74) is 6.24. The summed E-state index contributed by atoms with van der Waals surface area (Å²) in [5.74, 6) is 7.09. The van der Waals surface area contributed by atoms with Crippen molar-refractivity contribution >= 4 is 22.6 Å². The maximum atomic E-state index is 5.97. The Morgan fingerprint density at radius 3 is 2.45 bits per heavy atom. The van der Waals surface area contributed by atoms with Gasteiger partial charge in [0.25, 0.3) is 0 Å². The molecule has 2 aromatic heterocycles. The zero-order valence-corrected chi connectivity index (χ0v) is 18.2. The van der Waals surface area contributed by atoms with E-state index < -0.39 is 0 Å². The first-order valence-corrected chi connectivity index (χ1v) is 11.0. The van der Waals surface area contributed by atoms with Crippen molar-refractivity contribution in [1.82, 2.24) is 19.4 Å². The highest BCUT2D eigenvalue weighted by Gasteiger charge is 2.13. The molecule has 0 amide bonds. The third-order valence-electron chi connectivity index (χ3n) is 5.79. The van der Waals surface area contributed by atoms with Crippen LogP contribution >= 0.6 is 11.6 Å². The topological polar surface area (TPSA) is 34.0 Å². The number of hydrogen-bond donors (Lipinski definition) is 0. The highest BCUT2D eigenvalue weighted by molar-refractivity contribution is 6.30. The third-order valence-corrected chi connectivity index (χ3v) is 6.05. The molecule has 1 aliphatic rings. The van der Waals surface area contributed by atoms with Crippen LogP contribution in [0, 0.1) is 11.8 Å². The maximum absolute atomic E-state index is 5.97. The Balaban J connectivity index is 1.36. The van der Waals surface area contributed by atoms with E-state index in [4.69, 9.17) is 16.6 Å². The molecule has 0 radical (unpaired) electrons. The van der Waals surface area contributed by atoms with Crippen LogP contribution in [0.2, 0.25) is 5.02 Å². The summed E-state index contributed by atoms with van der Waals surface area (Å²) < 4.78 is 2.05. The number of imidazole rings is 1. The predicted octanol–water partition coefficient (Wildman–Crippen LogP) is 5.28. The summed E-state index contributed by atoms with van der Waals surface area (Å²) in [6.07, 6.45) is 4.45. The van der Waals surface area contributed by atoms with Gasteiger partial charge in [0.05, 0.1) is 11.0 Å². The molecular formula is C26H23ClN4. The summed E-state index contributed by atoms with van der Waals surface area (Å²) >= 11 is 5.97. The number of aryl methyl sites for hydroxylation is 1. The lowest BCUT2D eigenvalue weighted by molar-refractivity contribution is 0.331. The van der Waals surface area contributed by atoms with Crippen molar-refractivity contribution in [1.29, 1.82) is 0 Å². The average Bonchev–Trinajstić information content (AvgIpc) is 3.41. The van der Waals surface area contributed by atoms with Gasteiger partial charge in [-0.2, -0.15) is 0 Å². The Hall–Kier alpha value is -3.13. The van der Waals surface area contributed by atoms with Crippen LogP contribution in [-0.2, 0) is 13.6 Å². The highest BCUT2D eigenvalue weighted by Crippen LogP contribution is 2.21. The van der Waals surface area contributed by atoms with Crippen molar-refractivity contribution in [2.24, 2.45) is 7.05 Å². The van der Waals surface area contributed by atoms with Crippen LogP contribution in [0.25, 0.3) is 22.2 Å². The molecule has 0 aliphatic carbocycles. The van der Waals surface area contributed by atoms with Gasteiger partial charge in [-0.3, -0.25) is 4.90 Å². The summed E-state index contributed by atoms with van der Waals surface area (Å²) in [7, 11) is 2.01. The van der Waals surface area contributed by atoms with E-state index in [0.717, 1.165) is 45.2 Å². The molecule has 0 spiro atoms. The Morgan fingerprint density at radius 2 is 1.71 bits per heavy atom. The Labute approximate surface area is 187 Å². The van der Waals surface area contributed by atoms with Crippen LogP contribution in [0.5, 0.6) is 0 Å². The standard InChI is InChI=1S/C26H23ClN4/c1-30-25-12-4-19(18-31-14-2-3-15-31)16-24(25)29-26(30)13-11-23-10-7-21(17-28-23)20-5-8-22(27)9-6-20/h4-10,12,16-17H,2-3,14-15,18H2,1H3. The number of halogens is 1. The lowest BCUT2D eigenvalue weighted by Crippen LogP contribution is -2.18. The summed E-state index contributed by atoms with van der Waals surface area (Å²) in [4.78, 5) is 11.8. The molecule has 0 unspecified atom stereocenters. The van der Waals surface area contributed by atoms with Gasteiger partial charge < -0.3 is 4.57 Å². The fraction of sp³-hybridized carbons (Fsp3) is 0.231. The normalized spacial score (nSPS) is 14.0. The molecule has 2 aromatic carbocycles. The largest absolute Gasteiger partial charge is 0.320 e. The summed E-state index contributed by atoms with van der Waals surface area (Å²) in [5, 5.41) is 0.727. The minimum Gasteiger partial charge on any atom is -0.320 e. The van der Waals surface area contributed by atoms with E-state index in [2.05, 4.69) is 39.9 Å². The fourth-order valence-electron chi connectivity index (χ4n) is 4.06. The van der Waals surface area contributed by atoms with Gasteiger partial charge in [0.15, 0.2) is 5.82 Å². The Morgan fingerprint density at radius 1 is 0.935 bits per heavy atom. The van der Waals surface area contributed by atoms with Crippen LogP contribution in [-0.4, -0.2) is 32.5 Å². The molecule has 0 N–H and O–H groups in total. The molecular weight excluding hydrogens is 404 g/mol. The van der Waals surface area contributed by atoms with Crippen LogP contribution < -0.4 is 0 Å². The maximum Gasteiger partial charge on any atom is 0.186 e. The number of likely N-dealkylation sites (tertiary alicyclic amines) is 1.